The van der Waals surface area contributed by atoms with Crippen molar-refractivity contribution in [2.24, 2.45) is 5.73 Å². The third-order valence-corrected chi connectivity index (χ3v) is 4.41. The zero-order chi connectivity index (χ0) is 10.9. The molecular formula is C13H26N2. The summed E-state index contributed by atoms with van der Waals surface area (Å²) >= 11 is 0. The molecule has 0 spiro atoms. The molecule has 2 N–H and O–H groups in total. The highest BCUT2D eigenvalue weighted by molar-refractivity contribution is 5.02. The summed E-state index contributed by atoms with van der Waals surface area (Å²) in [5.74, 6) is 0. The molecule has 0 amide bonds. The fourth-order valence-electron chi connectivity index (χ4n) is 3.56. The van der Waals surface area contributed by atoms with E-state index in [1.165, 1.54) is 51.5 Å². The van der Waals surface area contributed by atoms with Gasteiger partial charge in [0.2, 0.25) is 0 Å². The lowest BCUT2D eigenvalue weighted by atomic mass is 9.82. The number of hydrogen-bond donors (Lipinski definition) is 1. The van der Waals surface area contributed by atoms with Crippen molar-refractivity contribution >= 4 is 0 Å². The molecule has 1 atom stereocenters. The fraction of sp³-hybridized carbons (Fsp3) is 1.00. The molecule has 0 bridgehead atoms. The third kappa shape index (κ3) is 2.21. The van der Waals surface area contributed by atoms with E-state index in [0.29, 0.717) is 12.1 Å². The first-order chi connectivity index (χ1) is 7.13. The molecular weight excluding hydrogens is 184 g/mol. The van der Waals surface area contributed by atoms with Crippen LogP contribution in [0.5, 0.6) is 0 Å². The van der Waals surface area contributed by atoms with Crippen LogP contribution in [0.4, 0.5) is 0 Å². The lowest BCUT2D eigenvalue weighted by Crippen LogP contribution is -2.60. The first-order valence-corrected chi connectivity index (χ1v) is 6.68. The van der Waals surface area contributed by atoms with Crippen LogP contribution in [0.15, 0.2) is 0 Å². The first kappa shape index (κ1) is 11.4. The van der Waals surface area contributed by atoms with Crippen molar-refractivity contribution in [3.8, 4) is 0 Å². The Kier molecular flexibility index (Phi) is 3.36. The van der Waals surface area contributed by atoms with Crippen molar-refractivity contribution in [3.05, 3.63) is 0 Å². The monoisotopic (exact) mass is 210 g/mol. The number of rotatable bonds is 2. The van der Waals surface area contributed by atoms with Crippen LogP contribution >= 0.6 is 0 Å². The van der Waals surface area contributed by atoms with Gasteiger partial charge in [0.25, 0.3) is 0 Å². The van der Waals surface area contributed by atoms with Crippen LogP contribution in [0, 0.1) is 0 Å². The molecule has 2 heteroatoms. The molecule has 0 aromatic carbocycles. The van der Waals surface area contributed by atoms with Crippen molar-refractivity contribution in [3.63, 3.8) is 0 Å². The summed E-state index contributed by atoms with van der Waals surface area (Å²) < 4.78 is 0. The summed E-state index contributed by atoms with van der Waals surface area (Å²) in [5, 5.41) is 0. The molecule has 0 radical (unpaired) electrons. The van der Waals surface area contributed by atoms with Crippen LogP contribution in [-0.2, 0) is 0 Å². The summed E-state index contributed by atoms with van der Waals surface area (Å²) in [6.07, 6.45) is 9.27. The minimum absolute atomic E-state index is 0.144. The Morgan fingerprint density at radius 2 is 1.80 bits per heavy atom. The fourth-order valence-corrected chi connectivity index (χ4v) is 3.56. The summed E-state index contributed by atoms with van der Waals surface area (Å²) in [6, 6.07) is 1.32. The lowest BCUT2D eigenvalue weighted by molar-refractivity contribution is 0.0563. The number of likely N-dealkylation sites (tertiary alicyclic amines) is 1. The molecule has 1 saturated heterocycles. The van der Waals surface area contributed by atoms with Crippen LogP contribution < -0.4 is 5.73 Å². The van der Waals surface area contributed by atoms with Gasteiger partial charge in [-0.25, -0.2) is 0 Å². The van der Waals surface area contributed by atoms with Crippen LogP contribution in [-0.4, -0.2) is 29.1 Å². The van der Waals surface area contributed by atoms with Gasteiger partial charge in [0, 0.05) is 17.6 Å². The average molecular weight is 210 g/mol. The van der Waals surface area contributed by atoms with Gasteiger partial charge in [-0.05, 0) is 46.1 Å². The molecule has 2 fully saturated rings. The van der Waals surface area contributed by atoms with Crippen molar-refractivity contribution in [2.75, 3.05) is 6.54 Å². The van der Waals surface area contributed by atoms with E-state index in [2.05, 4.69) is 18.7 Å². The van der Waals surface area contributed by atoms with Crippen LogP contribution in [0.25, 0.3) is 0 Å². The van der Waals surface area contributed by atoms with E-state index in [4.69, 9.17) is 5.73 Å². The van der Waals surface area contributed by atoms with Crippen LogP contribution in [0.3, 0.4) is 0 Å². The largest absolute Gasteiger partial charge is 0.324 e. The van der Waals surface area contributed by atoms with Gasteiger partial charge < -0.3 is 5.73 Å². The zero-order valence-electron chi connectivity index (χ0n) is 10.3. The second-order valence-electron chi connectivity index (χ2n) is 5.78. The normalized spacial score (nSPS) is 32.4. The molecule has 1 saturated carbocycles. The van der Waals surface area contributed by atoms with Gasteiger partial charge in [0.15, 0.2) is 0 Å². The zero-order valence-corrected chi connectivity index (χ0v) is 10.3. The summed E-state index contributed by atoms with van der Waals surface area (Å²) in [6.45, 7) is 5.90. The van der Waals surface area contributed by atoms with Gasteiger partial charge in [-0.2, -0.15) is 0 Å². The minimum atomic E-state index is 0.144. The summed E-state index contributed by atoms with van der Waals surface area (Å²) in [5.41, 5.74) is 6.76. The van der Waals surface area contributed by atoms with E-state index in [1.54, 1.807) is 0 Å². The Morgan fingerprint density at radius 1 is 1.13 bits per heavy atom. The lowest BCUT2D eigenvalue weighted by Gasteiger charge is -2.47. The summed E-state index contributed by atoms with van der Waals surface area (Å²) in [7, 11) is 0. The number of hydrogen-bond acceptors (Lipinski definition) is 2. The highest BCUT2D eigenvalue weighted by Gasteiger charge is 2.42. The molecule has 1 heterocycles. The maximum absolute atomic E-state index is 6.62. The molecule has 88 valence electrons. The first-order valence-electron chi connectivity index (χ1n) is 6.68. The van der Waals surface area contributed by atoms with Crippen molar-refractivity contribution < 1.29 is 0 Å². The van der Waals surface area contributed by atoms with Gasteiger partial charge >= 0.3 is 0 Å². The molecule has 1 unspecified atom stereocenters. The van der Waals surface area contributed by atoms with E-state index in [9.17, 15) is 0 Å². The van der Waals surface area contributed by atoms with Gasteiger partial charge in [0.05, 0.1) is 0 Å². The standard InChI is InChI=1S/C13H26N2/c1-11(2)15-10-6-3-7-12(15)13(14)8-4-5-9-13/h11-12H,3-10,14H2,1-2H3. The van der Waals surface area contributed by atoms with E-state index in [-0.39, 0.29) is 5.54 Å². The Bertz CT molecular complexity index is 207. The molecule has 2 rings (SSSR count). The van der Waals surface area contributed by atoms with Crippen molar-refractivity contribution in [2.45, 2.75) is 76.4 Å². The molecule has 1 aliphatic heterocycles. The van der Waals surface area contributed by atoms with E-state index < -0.39 is 0 Å². The molecule has 0 aromatic rings. The Morgan fingerprint density at radius 3 is 2.40 bits per heavy atom. The van der Waals surface area contributed by atoms with Crippen LogP contribution in [0.1, 0.15) is 58.8 Å². The maximum Gasteiger partial charge on any atom is 0.0312 e. The van der Waals surface area contributed by atoms with Crippen molar-refractivity contribution in [1.82, 2.24) is 4.90 Å². The van der Waals surface area contributed by atoms with Gasteiger partial charge in [-0.3, -0.25) is 4.90 Å². The van der Waals surface area contributed by atoms with Crippen molar-refractivity contribution in [1.29, 1.82) is 0 Å². The van der Waals surface area contributed by atoms with E-state index >= 15 is 0 Å². The summed E-state index contributed by atoms with van der Waals surface area (Å²) in [4.78, 5) is 2.66. The number of nitrogens with zero attached hydrogens (tertiary/aromatic N) is 1. The van der Waals surface area contributed by atoms with Gasteiger partial charge in [0.1, 0.15) is 0 Å². The second-order valence-corrected chi connectivity index (χ2v) is 5.78. The molecule has 2 nitrogen and oxygen atoms in total. The Balaban J connectivity index is 2.09. The third-order valence-electron chi connectivity index (χ3n) is 4.41. The van der Waals surface area contributed by atoms with Gasteiger partial charge in [-0.1, -0.05) is 19.3 Å². The topological polar surface area (TPSA) is 29.3 Å². The van der Waals surface area contributed by atoms with Gasteiger partial charge in [-0.15, -0.1) is 0 Å². The van der Waals surface area contributed by atoms with Crippen LogP contribution in [0.2, 0.25) is 0 Å². The van der Waals surface area contributed by atoms with E-state index in [0.717, 1.165) is 0 Å². The SMILES string of the molecule is CC(C)N1CCCCC1C1(N)CCCC1. The predicted molar refractivity (Wildman–Crippen MR) is 64.9 cm³/mol. The smallest absolute Gasteiger partial charge is 0.0312 e. The maximum atomic E-state index is 6.62. The molecule has 1 aliphatic carbocycles. The molecule has 2 aliphatic rings. The average Bonchev–Trinajstić information content (AvgIpc) is 2.66. The Hall–Kier alpha value is -0.0800. The number of piperidine rings is 1. The highest BCUT2D eigenvalue weighted by Crippen LogP contribution is 2.37. The quantitative estimate of drug-likeness (QED) is 0.759. The number of nitrogens with two attached hydrogens (primary N) is 1. The minimum Gasteiger partial charge on any atom is -0.324 e. The molecule has 15 heavy (non-hydrogen) atoms. The highest BCUT2D eigenvalue weighted by atomic mass is 15.2. The van der Waals surface area contributed by atoms with E-state index in [1.807, 2.05) is 0 Å². The molecule has 0 aromatic heterocycles. The Labute approximate surface area is 94.2 Å². The predicted octanol–water partition coefficient (Wildman–Crippen LogP) is 2.52. The second kappa shape index (κ2) is 4.42.